The largest absolute Gasteiger partial charge is 0.354 e. The van der Waals surface area contributed by atoms with E-state index in [1.165, 1.54) is 12.1 Å². The van der Waals surface area contributed by atoms with Crippen molar-refractivity contribution in [1.29, 1.82) is 0 Å². The Bertz CT molecular complexity index is 1120. The second-order valence-corrected chi connectivity index (χ2v) is 10.7. The third kappa shape index (κ3) is 6.11. The second kappa shape index (κ2) is 11.4. The van der Waals surface area contributed by atoms with Crippen LogP contribution in [-0.4, -0.2) is 64.8 Å². The molecule has 0 unspecified atom stereocenters. The number of halogens is 1. The molecule has 8 heteroatoms. The minimum atomic E-state index is -0.286. The minimum absolute atomic E-state index is 0.126. The molecule has 0 N–H and O–H groups in total. The van der Waals surface area contributed by atoms with E-state index in [1.807, 2.05) is 40.1 Å². The molecule has 1 aliphatic rings. The van der Waals surface area contributed by atoms with Gasteiger partial charge in [0.15, 0.2) is 0 Å². The number of thiophene rings is 1. The zero-order valence-electron chi connectivity index (χ0n) is 21.2. The fourth-order valence-electron chi connectivity index (χ4n) is 4.68. The fraction of sp³-hybridized carbons (Fsp3) is 0.481. The van der Waals surface area contributed by atoms with Gasteiger partial charge in [-0.15, -0.1) is 11.3 Å². The molecule has 35 heavy (non-hydrogen) atoms. The van der Waals surface area contributed by atoms with Crippen LogP contribution in [0.15, 0.2) is 41.8 Å². The summed E-state index contributed by atoms with van der Waals surface area (Å²) in [6.07, 6.45) is 0.409. The van der Waals surface area contributed by atoms with Gasteiger partial charge in [0.05, 0.1) is 24.3 Å². The van der Waals surface area contributed by atoms with Gasteiger partial charge < -0.3 is 14.7 Å². The molecule has 0 atom stereocenters. The van der Waals surface area contributed by atoms with Gasteiger partial charge in [0.2, 0.25) is 5.91 Å². The molecule has 0 radical (unpaired) electrons. The molecule has 6 nitrogen and oxygen atoms in total. The number of rotatable bonds is 9. The van der Waals surface area contributed by atoms with Gasteiger partial charge >= 0.3 is 0 Å². The predicted molar refractivity (Wildman–Crippen MR) is 141 cm³/mol. The van der Waals surface area contributed by atoms with Crippen molar-refractivity contribution >= 4 is 23.1 Å². The molecular formula is C27H36FN5OS. The highest BCUT2D eigenvalue weighted by atomic mass is 32.1. The second-order valence-electron chi connectivity index (χ2n) is 9.62. The first-order valence-corrected chi connectivity index (χ1v) is 13.4. The number of carbonyl (C=O) groups excluding carboxylic acids is 1. The Morgan fingerprint density at radius 2 is 1.94 bits per heavy atom. The van der Waals surface area contributed by atoms with E-state index < -0.39 is 0 Å². The monoisotopic (exact) mass is 497 g/mol. The average Bonchev–Trinajstić information content (AvgIpc) is 3.46. The molecule has 1 fully saturated rings. The van der Waals surface area contributed by atoms with Gasteiger partial charge in [-0.1, -0.05) is 32.9 Å². The van der Waals surface area contributed by atoms with Gasteiger partial charge in [0, 0.05) is 43.2 Å². The van der Waals surface area contributed by atoms with Crippen LogP contribution in [0, 0.1) is 18.7 Å². The molecule has 188 valence electrons. The fourth-order valence-corrected chi connectivity index (χ4v) is 5.38. The molecule has 2 aromatic heterocycles. The van der Waals surface area contributed by atoms with Gasteiger partial charge in [-0.3, -0.25) is 4.79 Å². The summed E-state index contributed by atoms with van der Waals surface area (Å²) >= 11 is 1.62. The average molecular weight is 498 g/mol. The summed E-state index contributed by atoms with van der Waals surface area (Å²) in [6, 6.07) is 10.6. The van der Waals surface area contributed by atoms with E-state index in [1.54, 1.807) is 17.4 Å². The zero-order chi connectivity index (χ0) is 24.9. The molecule has 3 heterocycles. The molecule has 1 saturated heterocycles. The summed E-state index contributed by atoms with van der Waals surface area (Å²) in [7, 11) is 0. The van der Waals surface area contributed by atoms with Crippen LogP contribution in [0.4, 0.5) is 10.2 Å². The number of aryl methyl sites for hydroxylation is 1. The molecule has 0 spiro atoms. The maximum absolute atomic E-state index is 14.2. The third-order valence-corrected chi connectivity index (χ3v) is 7.40. The van der Waals surface area contributed by atoms with Crippen molar-refractivity contribution in [3.05, 3.63) is 63.7 Å². The molecule has 0 bridgehead atoms. The topological polar surface area (TPSA) is 44.6 Å². The first kappa shape index (κ1) is 25.4. The molecule has 1 aromatic carbocycles. The molecule has 1 aliphatic heterocycles. The van der Waals surface area contributed by atoms with Crippen molar-refractivity contribution < 1.29 is 9.18 Å². The van der Waals surface area contributed by atoms with E-state index in [4.69, 9.17) is 5.10 Å². The molecule has 0 saturated carbocycles. The van der Waals surface area contributed by atoms with Gasteiger partial charge in [0.1, 0.15) is 11.6 Å². The molecule has 1 amide bonds. The number of hydrogen-bond acceptors (Lipinski definition) is 5. The number of amides is 1. The van der Waals surface area contributed by atoms with Crippen LogP contribution < -0.4 is 4.90 Å². The van der Waals surface area contributed by atoms with Crippen LogP contribution in [0.2, 0.25) is 0 Å². The van der Waals surface area contributed by atoms with E-state index >= 15 is 0 Å². The molecular weight excluding hydrogens is 461 g/mol. The number of benzene rings is 1. The zero-order valence-corrected chi connectivity index (χ0v) is 22.0. The number of nitrogens with zero attached hydrogens (tertiary/aromatic N) is 5. The van der Waals surface area contributed by atoms with Crippen LogP contribution >= 0.6 is 11.3 Å². The smallest absolute Gasteiger partial charge is 0.228 e. The first-order valence-electron chi connectivity index (χ1n) is 12.5. The third-order valence-electron chi connectivity index (χ3n) is 6.52. The summed E-state index contributed by atoms with van der Waals surface area (Å²) < 4.78 is 16.0. The van der Waals surface area contributed by atoms with E-state index in [0.717, 1.165) is 54.7 Å². The van der Waals surface area contributed by atoms with Crippen molar-refractivity contribution in [3.63, 3.8) is 0 Å². The van der Waals surface area contributed by atoms with Crippen molar-refractivity contribution in [2.45, 2.75) is 40.7 Å². The Morgan fingerprint density at radius 3 is 2.57 bits per heavy atom. The van der Waals surface area contributed by atoms with Gasteiger partial charge in [-0.05, 0) is 49.0 Å². The van der Waals surface area contributed by atoms with Crippen LogP contribution in [0.1, 0.15) is 36.9 Å². The van der Waals surface area contributed by atoms with Crippen LogP contribution in [0.3, 0.4) is 0 Å². The molecule has 0 aliphatic carbocycles. The number of carbonyl (C=O) groups is 1. The Kier molecular flexibility index (Phi) is 8.23. The maximum atomic E-state index is 14.2. The summed E-state index contributed by atoms with van der Waals surface area (Å²) in [4.78, 5) is 21.2. The van der Waals surface area contributed by atoms with Gasteiger partial charge in [0.25, 0.3) is 0 Å². The Morgan fingerprint density at radius 1 is 1.17 bits per heavy atom. The van der Waals surface area contributed by atoms with Crippen molar-refractivity contribution in [2.75, 3.05) is 44.2 Å². The summed E-state index contributed by atoms with van der Waals surface area (Å²) in [5.41, 5.74) is 2.62. The van der Waals surface area contributed by atoms with E-state index in [-0.39, 0.29) is 11.7 Å². The maximum Gasteiger partial charge on any atom is 0.228 e. The van der Waals surface area contributed by atoms with E-state index in [2.05, 4.69) is 30.6 Å². The number of piperazine rings is 1. The Labute approximate surface area is 212 Å². The lowest BCUT2D eigenvalue weighted by atomic mass is 10.1. The Hall–Kier alpha value is -2.71. The van der Waals surface area contributed by atoms with Crippen molar-refractivity contribution in [3.8, 4) is 5.69 Å². The number of aromatic nitrogens is 2. The summed E-state index contributed by atoms with van der Waals surface area (Å²) in [5.74, 6) is 1.16. The predicted octanol–water partition coefficient (Wildman–Crippen LogP) is 4.75. The molecule has 4 rings (SSSR count). The number of anilines is 1. The lowest BCUT2D eigenvalue weighted by Gasteiger charge is -2.36. The molecule has 3 aromatic rings. The SMILES string of the molecule is CCN1CCN(c2c(CN(CC(C)C)C(=O)Cc3cccs3)c(C)nn2-c2cccc(F)c2)CC1. The van der Waals surface area contributed by atoms with Crippen molar-refractivity contribution in [2.24, 2.45) is 5.92 Å². The standard InChI is InChI=1S/C27H36FN5OS/c1-5-30-11-13-31(14-12-30)27-25(21(4)29-33(27)23-9-6-8-22(28)16-23)19-32(18-20(2)3)26(34)17-24-10-7-15-35-24/h6-10,15-16,20H,5,11-14,17-19H2,1-4H3. The van der Waals surface area contributed by atoms with E-state index in [9.17, 15) is 9.18 Å². The van der Waals surface area contributed by atoms with Gasteiger partial charge in [-0.25, -0.2) is 9.07 Å². The Balaban J connectivity index is 1.71. The van der Waals surface area contributed by atoms with Crippen molar-refractivity contribution in [1.82, 2.24) is 19.6 Å². The summed E-state index contributed by atoms with van der Waals surface area (Å²) in [6.45, 7) is 14.3. The van der Waals surface area contributed by atoms with E-state index in [0.29, 0.717) is 31.1 Å². The highest BCUT2D eigenvalue weighted by Gasteiger charge is 2.28. The highest BCUT2D eigenvalue weighted by molar-refractivity contribution is 7.10. The highest BCUT2D eigenvalue weighted by Crippen LogP contribution is 2.30. The van der Waals surface area contributed by atoms with Gasteiger partial charge in [-0.2, -0.15) is 5.10 Å². The number of likely N-dealkylation sites (N-methyl/N-ethyl adjacent to an activating group) is 1. The quantitative estimate of drug-likeness (QED) is 0.428. The normalized spacial score (nSPS) is 14.6. The van der Waals surface area contributed by atoms with Crippen LogP contribution in [0.5, 0.6) is 0 Å². The van der Waals surface area contributed by atoms with Crippen LogP contribution in [0.25, 0.3) is 5.69 Å². The lowest BCUT2D eigenvalue weighted by Crippen LogP contribution is -2.47. The first-order chi connectivity index (χ1) is 16.9. The minimum Gasteiger partial charge on any atom is -0.354 e. The number of hydrogen-bond donors (Lipinski definition) is 0. The lowest BCUT2D eigenvalue weighted by molar-refractivity contribution is -0.131. The summed E-state index contributed by atoms with van der Waals surface area (Å²) in [5, 5.41) is 6.87. The van der Waals surface area contributed by atoms with Crippen LogP contribution in [-0.2, 0) is 17.8 Å².